The summed E-state index contributed by atoms with van der Waals surface area (Å²) in [5.74, 6) is 1.57. The van der Waals surface area contributed by atoms with E-state index in [1.807, 2.05) is 11.8 Å². The third kappa shape index (κ3) is 3.02. The molecule has 1 aromatic rings. The van der Waals surface area contributed by atoms with Crippen LogP contribution < -0.4 is 5.73 Å². The quantitative estimate of drug-likeness (QED) is 0.867. The molecule has 3 atom stereocenters. The Kier molecular flexibility index (Phi) is 4.30. The predicted octanol–water partition coefficient (Wildman–Crippen LogP) is 3.54. The van der Waals surface area contributed by atoms with Crippen LogP contribution in [0.1, 0.15) is 26.2 Å². The minimum absolute atomic E-state index is 0.710. The molecular weight excluding hydrogens is 214 g/mol. The van der Waals surface area contributed by atoms with Gasteiger partial charge in [0.2, 0.25) is 0 Å². The van der Waals surface area contributed by atoms with Crippen LogP contribution in [0.3, 0.4) is 0 Å². The van der Waals surface area contributed by atoms with Crippen LogP contribution in [0.2, 0.25) is 0 Å². The second-order valence-electron chi connectivity index (χ2n) is 4.88. The first kappa shape index (κ1) is 12.0. The Bertz CT molecular complexity index is 312. The van der Waals surface area contributed by atoms with Crippen LogP contribution in [0.25, 0.3) is 0 Å². The highest BCUT2D eigenvalue weighted by molar-refractivity contribution is 8.00. The van der Waals surface area contributed by atoms with Gasteiger partial charge in [-0.15, -0.1) is 11.8 Å². The van der Waals surface area contributed by atoms with Crippen molar-refractivity contribution in [2.24, 2.45) is 17.6 Å². The van der Waals surface area contributed by atoms with E-state index in [4.69, 9.17) is 5.73 Å². The van der Waals surface area contributed by atoms with Crippen molar-refractivity contribution in [3.8, 4) is 0 Å². The fraction of sp³-hybridized carbons (Fsp3) is 0.571. The van der Waals surface area contributed by atoms with Crippen molar-refractivity contribution >= 4 is 11.8 Å². The monoisotopic (exact) mass is 235 g/mol. The average Bonchev–Trinajstić information content (AvgIpc) is 2.31. The molecule has 1 fully saturated rings. The van der Waals surface area contributed by atoms with E-state index >= 15 is 0 Å². The highest BCUT2D eigenvalue weighted by Gasteiger charge is 2.28. The molecule has 2 N–H and O–H groups in total. The zero-order valence-corrected chi connectivity index (χ0v) is 10.7. The Hall–Kier alpha value is -0.470. The highest BCUT2D eigenvalue weighted by atomic mass is 32.2. The molecule has 0 bridgehead atoms. The molecule has 0 saturated heterocycles. The van der Waals surface area contributed by atoms with Crippen molar-refractivity contribution in [2.75, 3.05) is 6.54 Å². The normalized spacial score (nSPS) is 30.2. The number of nitrogens with two attached hydrogens (primary N) is 1. The van der Waals surface area contributed by atoms with Gasteiger partial charge in [-0.25, -0.2) is 0 Å². The van der Waals surface area contributed by atoms with Gasteiger partial charge in [-0.2, -0.15) is 0 Å². The van der Waals surface area contributed by atoms with E-state index in [-0.39, 0.29) is 0 Å². The summed E-state index contributed by atoms with van der Waals surface area (Å²) in [5.41, 5.74) is 5.88. The molecule has 0 aliphatic heterocycles. The van der Waals surface area contributed by atoms with E-state index in [1.165, 1.54) is 24.2 Å². The van der Waals surface area contributed by atoms with E-state index in [0.717, 1.165) is 17.7 Å². The first-order valence-electron chi connectivity index (χ1n) is 6.21. The van der Waals surface area contributed by atoms with E-state index in [0.29, 0.717) is 5.92 Å². The van der Waals surface area contributed by atoms with Gasteiger partial charge in [-0.1, -0.05) is 31.5 Å². The number of hydrogen-bond acceptors (Lipinski definition) is 2. The Morgan fingerprint density at radius 3 is 2.69 bits per heavy atom. The summed E-state index contributed by atoms with van der Waals surface area (Å²) in [7, 11) is 0. The molecule has 0 amide bonds. The van der Waals surface area contributed by atoms with Gasteiger partial charge in [0.05, 0.1) is 0 Å². The van der Waals surface area contributed by atoms with E-state index in [2.05, 4.69) is 37.3 Å². The minimum Gasteiger partial charge on any atom is -0.330 e. The van der Waals surface area contributed by atoms with Gasteiger partial charge in [0, 0.05) is 10.1 Å². The second kappa shape index (κ2) is 5.74. The maximum Gasteiger partial charge on any atom is 0.0137 e. The fourth-order valence-corrected chi connectivity index (χ4v) is 4.01. The molecule has 2 heteroatoms. The predicted molar refractivity (Wildman–Crippen MR) is 71.6 cm³/mol. The topological polar surface area (TPSA) is 26.0 Å². The third-order valence-electron chi connectivity index (χ3n) is 3.52. The molecule has 1 saturated carbocycles. The Balaban J connectivity index is 2.01. The summed E-state index contributed by atoms with van der Waals surface area (Å²) < 4.78 is 0. The van der Waals surface area contributed by atoms with Crippen LogP contribution in [0.4, 0.5) is 0 Å². The molecule has 1 aliphatic rings. The van der Waals surface area contributed by atoms with Crippen LogP contribution in [0.5, 0.6) is 0 Å². The molecule has 0 heterocycles. The van der Waals surface area contributed by atoms with Crippen molar-refractivity contribution in [2.45, 2.75) is 36.3 Å². The zero-order valence-electron chi connectivity index (χ0n) is 9.93. The maximum absolute atomic E-state index is 5.88. The van der Waals surface area contributed by atoms with Crippen molar-refractivity contribution < 1.29 is 0 Å². The molecule has 1 aromatic carbocycles. The summed E-state index contributed by atoms with van der Waals surface area (Å²) in [4.78, 5) is 1.39. The van der Waals surface area contributed by atoms with Crippen LogP contribution >= 0.6 is 11.8 Å². The highest BCUT2D eigenvalue weighted by Crippen LogP contribution is 2.39. The fourth-order valence-electron chi connectivity index (χ4n) is 2.48. The smallest absolute Gasteiger partial charge is 0.0137 e. The van der Waals surface area contributed by atoms with Crippen molar-refractivity contribution in [3.63, 3.8) is 0 Å². The maximum atomic E-state index is 5.88. The van der Waals surface area contributed by atoms with E-state index in [1.54, 1.807) is 0 Å². The molecule has 1 aliphatic carbocycles. The Morgan fingerprint density at radius 2 is 2.00 bits per heavy atom. The molecule has 16 heavy (non-hydrogen) atoms. The molecule has 0 radical (unpaired) electrons. The molecular formula is C14H21NS. The lowest BCUT2D eigenvalue weighted by atomic mass is 9.82. The number of rotatable bonds is 3. The summed E-state index contributed by atoms with van der Waals surface area (Å²) in [6, 6.07) is 10.7. The van der Waals surface area contributed by atoms with Crippen LogP contribution in [0, 0.1) is 11.8 Å². The summed E-state index contributed by atoms with van der Waals surface area (Å²) in [5, 5.41) is 0.719. The standard InChI is InChI=1S/C14H21NS/c1-11-7-8-12(10-15)14(9-11)16-13-5-3-2-4-6-13/h2-6,11-12,14H,7-10,15H2,1H3. The van der Waals surface area contributed by atoms with Crippen molar-refractivity contribution in [1.82, 2.24) is 0 Å². The van der Waals surface area contributed by atoms with Crippen LogP contribution in [0.15, 0.2) is 35.2 Å². The van der Waals surface area contributed by atoms with Crippen molar-refractivity contribution in [3.05, 3.63) is 30.3 Å². The minimum atomic E-state index is 0.710. The number of benzene rings is 1. The van der Waals surface area contributed by atoms with Gasteiger partial charge >= 0.3 is 0 Å². The third-order valence-corrected chi connectivity index (χ3v) is 4.95. The lowest BCUT2D eigenvalue weighted by Gasteiger charge is -2.33. The van der Waals surface area contributed by atoms with Crippen molar-refractivity contribution in [1.29, 1.82) is 0 Å². The summed E-state index contributed by atoms with van der Waals surface area (Å²) in [6.45, 7) is 3.21. The lowest BCUT2D eigenvalue weighted by Crippen LogP contribution is -2.31. The van der Waals surface area contributed by atoms with Gasteiger partial charge in [0.1, 0.15) is 0 Å². The Labute approximate surface area is 103 Å². The number of thioether (sulfide) groups is 1. The molecule has 0 aromatic heterocycles. The number of hydrogen-bond donors (Lipinski definition) is 1. The van der Waals surface area contributed by atoms with E-state index < -0.39 is 0 Å². The Morgan fingerprint density at radius 1 is 1.25 bits per heavy atom. The molecule has 2 rings (SSSR count). The molecule has 88 valence electrons. The van der Waals surface area contributed by atoms with Gasteiger partial charge in [0.25, 0.3) is 0 Å². The molecule has 0 spiro atoms. The first-order valence-corrected chi connectivity index (χ1v) is 7.09. The molecule has 3 unspecified atom stereocenters. The van der Waals surface area contributed by atoms with Gasteiger partial charge in [-0.05, 0) is 43.4 Å². The van der Waals surface area contributed by atoms with Gasteiger partial charge < -0.3 is 5.73 Å². The van der Waals surface area contributed by atoms with Gasteiger partial charge in [-0.3, -0.25) is 0 Å². The lowest BCUT2D eigenvalue weighted by molar-refractivity contribution is 0.306. The van der Waals surface area contributed by atoms with Gasteiger partial charge in [0.15, 0.2) is 0 Å². The SMILES string of the molecule is CC1CCC(CN)C(Sc2ccccc2)C1. The largest absolute Gasteiger partial charge is 0.330 e. The zero-order chi connectivity index (χ0) is 11.4. The molecule has 1 nitrogen and oxygen atoms in total. The van der Waals surface area contributed by atoms with Crippen LogP contribution in [-0.2, 0) is 0 Å². The summed E-state index contributed by atoms with van der Waals surface area (Å²) in [6.07, 6.45) is 3.98. The second-order valence-corrected chi connectivity index (χ2v) is 6.20. The van der Waals surface area contributed by atoms with Crippen LogP contribution in [-0.4, -0.2) is 11.8 Å². The summed E-state index contributed by atoms with van der Waals surface area (Å²) >= 11 is 2.02. The average molecular weight is 235 g/mol. The van der Waals surface area contributed by atoms with E-state index in [9.17, 15) is 0 Å². The first-order chi connectivity index (χ1) is 7.79.